The molecule has 0 spiro atoms. The van der Waals surface area contributed by atoms with Crippen molar-refractivity contribution in [3.8, 4) is 0 Å². The van der Waals surface area contributed by atoms with Crippen molar-refractivity contribution in [2.45, 2.75) is 6.54 Å². The number of nitrogens with zero attached hydrogens (tertiary/aromatic N) is 1. The molecule has 5 heteroatoms. The Morgan fingerprint density at radius 1 is 1.26 bits per heavy atom. The number of rotatable bonds is 7. The van der Waals surface area contributed by atoms with Crippen LogP contribution in [0.1, 0.15) is 5.56 Å². The fourth-order valence-corrected chi connectivity index (χ4v) is 2.08. The fourth-order valence-electron chi connectivity index (χ4n) is 1.96. The summed E-state index contributed by atoms with van der Waals surface area (Å²) < 4.78 is 12.6. The van der Waals surface area contributed by atoms with E-state index in [4.69, 9.17) is 27.4 Å². The third-order valence-electron chi connectivity index (χ3n) is 2.96. The van der Waals surface area contributed by atoms with Crippen molar-refractivity contribution in [2.24, 2.45) is 5.73 Å². The van der Waals surface area contributed by atoms with Crippen molar-refractivity contribution in [1.29, 1.82) is 0 Å². The van der Waals surface area contributed by atoms with Crippen LogP contribution in [0.15, 0.2) is 30.5 Å². The van der Waals surface area contributed by atoms with E-state index >= 15 is 0 Å². The highest BCUT2D eigenvalue weighted by Crippen LogP contribution is 2.17. The minimum absolute atomic E-state index is 0.428. The lowest BCUT2D eigenvalue weighted by Crippen LogP contribution is -2.10. The molecule has 0 atom stereocenters. The average Bonchev–Trinajstić information content (AvgIpc) is 2.81. The number of aromatic nitrogens is 1. The summed E-state index contributed by atoms with van der Waals surface area (Å²) in [5.41, 5.74) is 7.69. The Bertz CT molecular complexity index is 566. The van der Waals surface area contributed by atoms with E-state index < -0.39 is 0 Å². The molecule has 0 amide bonds. The van der Waals surface area contributed by atoms with E-state index in [9.17, 15) is 0 Å². The molecule has 0 unspecified atom stereocenters. The predicted molar refractivity (Wildman–Crippen MR) is 80.5 cm³/mol. The molecule has 0 saturated carbocycles. The molecular formula is C14H18N2O2S. The molecule has 2 aromatic rings. The maximum Gasteiger partial charge on any atom is 0.104 e. The van der Waals surface area contributed by atoms with E-state index in [-0.39, 0.29) is 0 Å². The van der Waals surface area contributed by atoms with Gasteiger partial charge in [-0.15, -0.1) is 0 Å². The number of fused-ring (bicyclic) bond motifs is 1. The van der Waals surface area contributed by atoms with E-state index in [1.807, 2.05) is 24.4 Å². The van der Waals surface area contributed by atoms with Crippen LogP contribution in [0.25, 0.3) is 10.9 Å². The Hall–Kier alpha value is -1.43. The standard InChI is InChI=1S/C14H18N2O2S/c1-17-8-9-18-7-6-16-5-4-11-10-12(14(15)19)2-3-13(11)16/h2-5,10H,6-9H2,1H3,(H2,15,19). The zero-order valence-electron chi connectivity index (χ0n) is 11.0. The van der Waals surface area contributed by atoms with E-state index in [2.05, 4.69) is 10.6 Å². The first-order valence-corrected chi connectivity index (χ1v) is 6.58. The van der Waals surface area contributed by atoms with Gasteiger partial charge in [-0.2, -0.15) is 0 Å². The summed E-state index contributed by atoms with van der Waals surface area (Å²) >= 11 is 4.98. The van der Waals surface area contributed by atoms with E-state index in [1.54, 1.807) is 7.11 Å². The van der Waals surface area contributed by atoms with Crippen LogP contribution in [0.3, 0.4) is 0 Å². The Morgan fingerprint density at radius 3 is 2.84 bits per heavy atom. The number of benzene rings is 1. The van der Waals surface area contributed by atoms with Crippen molar-refractivity contribution in [2.75, 3.05) is 26.9 Å². The van der Waals surface area contributed by atoms with Crippen LogP contribution in [0.4, 0.5) is 0 Å². The van der Waals surface area contributed by atoms with Crippen molar-refractivity contribution < 1.29 is 9.47 Å². The lowest BCUT2D eigenvalue weighted by atomic mass is 10.1. The van der Waals surface area contributed by atoms with Crippen molar-refractivity contribution in [3.05, 3.63) is 36.0 Å². The molecule has 0 aliphatic rings. The molecule has 0 bridgehead atoms. The van der Waals surface area contributed by atoms with Gasteiger partial charge in [-0.05, 0) is 24.3 Å². The second-order valence-corrected chi connectivity index (χ2v) is 4.69. The van der Waals surface area contributed by atoms with Gasteiger partial charge in [0.05, 0.1) is 19.8 Å². The SMILES string of the molecule is COCCOCCn1ccc2cc(C(N)=S)ccc21. The van der Waals surface area contributed by atoms with Crippen LogP contribution < -0.4 is 5.73 Å². The minimum atomic E-state index is 0.428. The summed E-state index contributed by atoms with van der Waals surface area (Å²) in [6.07, 6.45) is 2.05. The van der Waals surface area contributed by atoms with Crippen LogP contribution in [0, 0.1) is 0 Å². The number of hydrogen-bond acceptors (Lipinski definition) is 3. The Balaban J connectivity index is 2.02. The normalized spacial score (nSPS) is 11.0. The summed E-state index contributed by atoms with van der Waals surface area (Å²) in [6.45, 7) is 2.74. The molecule has 19 heavy (non-hydrogen) atoms. The van der Waals surface area contributed by atoms with Crippen LogP contribution in [-0.2, 0) is 16.0 Å². The second kappa shape index (κ2) is 6.65. The molecule has 2 N–H and O–H groups in total. The third kappa shape index (κ3) is 3.53. The molecule has 4 nitrogen and oxygen atoms in total. The zero-order valence-corrected chi connectivity index (χ0v) is 11.8. The minimum Gasteiger partial charge on any atom is -0.389 e. The summed E-state index contributed by atoms with van der Waals surface area (Å²) in [6, 6.07) is 8.07. The zero-order chi connectivity index (χ0) is 13.7. The molecule has 2 rings (SSSR count). The first kappa shape index (κ1) is 14.0. The van der Waals surface area contributed by atoms with E-state index in [0.29, 0.717) is 24.8 Å². The van der Waals surface area contributed by atoms with Gasteiger partial charge in [0.15, 0.2) is 0 Å². The smallest absolute Gasteiger partial charge is 0.104 e. The van der Waals surface area contributed by atoms with Crippen LogP contribution in [0.5, 0.6) is 0 Å². The number of ether oxygens (including phenoxy) is 2. The van der Waals surface area contributed by atoms with E-state index in [0.717, 1.165) is 23.0 Å². The molecular weight excluding hydrogens is 260 g/mol. The molecule has 0 aliphatic carbocycles. The van der Waals surface area contributed by atoms with Crippen molar-refractivity contribution >= 4 is 28.1 Å². The molecule has 0 fully saturated rings. The van der Waals surface area contributed by atoms with Gasteiger partial charge in [0, 0.05) is 36.3 Å². The second-order valence-electron chi connectivity index (χ2n) is 4.25. The average molecular weight is 278 g/mol. The van der Waals surface area contributed by atoms with Gasteiger partial charge < -0.3 is 19.8 Å². The van der Waals surface area contributed by atoms with Gasteiger partial charge >= 0.3 is 0 Å². The summed E-state index contributed by atoms with van der Waals surface area (Å²) in [5.74, 6) is 0. The third-order valence-corrected chi connectivity index (χ3v) is 3.20. The topological polar surface area (TPSA) is 49.4 Å². The highest BCUT2D eigenvalue weighted by Gasteiger charge is 2.03. The monoisotopic (exact) mass is 278 g/mol. The first-order valence-electron chi connectivity index (χ1n) is 6.18. The van der Waals surface area contributed by atoms with Crippen LogP contribution in [0.2, 0.25) is 0 Å². The van der Waals surface area contributed by atoms with E-state index in [1.165, 1.54) is 0 Å². The molecule has 1 heterocycles. The van der Waals surface area contributed by atoms with Crippen LogP contribution >= 0.6 is 12.2 Å². The van der Waals surface area contributed by atoms with Gasteiger partial charge in [0.1, 0.15) is 4.99 Å². The van der Waals surface area contributed by atoms with Crippen molar-refractivity contribution in [3.63, 3.8) is 0 Å². The fraction of sp³-hybridized carbons (Fsp3) is 0.357. The van der Waals surface area contributed by atoms with Gasteiger partial charge in [-0.25, -0.2) is 0 Å². The van der Waals surface area contributed by atoms with Crippen molar-refractivity contribution in [1.82, 2.24) is 4.57 Å². The summed E-state index contributed by atoms with van der Waals surface area (Å²) in [7, 11) is 1.67. The van der Waals surface area contributed by atoms with Gasteiger partial charge in [-0.1, -0.05) is 12.2 Å². The lowest BCUT2D eigenvalue weighted by Gasteiger charge is -2.07. The Morgan fingerprint density at radius 2 is 2.11 bits per heavy atom. The van der Waals surface area contributed by atoms with Gasteiger partial charge in [0.25, 0.3) is 0 Å². The van der Waals surface area contributed by atoms with Crippen LogP contribution in [-0.4, -0.2) is 36.5 Å². The maximum atomic E-state index is 5.63. The highest BCUT2D eigenvalue weighted by molar-refractivity contribution is 7.80. The maximum absolute atomic E-state index is 5.63. The lowest BCUT2D eigenvalue weighted by molar-refractivity contribution is 0.0670. The summed E-state index contributed by atoms with van der Waals surface area (Å²) in [5, 5.41) is 1.14. The predicted octanol–water partition coefficient (Wildman–Crippen LogP) is 1.94. The number of methoxy groups -OCH3 is 1. The molecule has 0 saturated heterocycles. The molecule has 0 radical (unpaired) electrons. The molecule has 0 aliphatic heterocycles. The quantitative estimate of drug-likeness (QED) is 0.621. The first-order chi connectivity index (χ1) is 9.22. The number of hydrogen-bond donors (Lipinski definition) is 1. The Labute approximate surface area is 118 Å². The Kier molecular flexibility index (Phi) is 4.90. The largest absolute Gasteiger partial charge is 0.389 e. The number of thiocarbonyl (C=S) groups is 1. The van der Waals surface area contributed by atoms with Gasteiger partial charge in [0.2, 0.25) is 0 Å². The molecule has 102 valence electrons. The molecule has 1 aromatic carbocycles. The molecule has 1 aromatic heterocycles. The van der Waals surface area contributed by atoms with Gasteiger partial charge in [-0.3, -0.25) is 0 Å². The summed E-state index contributed by atoms with van der Waals surface area (Å²) in [4.78, 5) is 0.428. The highest BCUT2D eigenvalue weighted by atomic mass is 32.1. The number of nitrogens with two attached hydrogens (primary N) is 1.